The molecule has 1 aromatic heterocycles. The lowest BCUT2D eigenvalue weighted by Gasteiger charge is -2.07. The Morgan fingerprint density at radius 3 is 2.44 bits per heavy atom. The van der Waals surface area contributed by atoms with E-state index < -0.39 is 0 Å². The predicted octanol–water partition coefficient (Wildman–Crippen LogP) is 2.23. The van der Waals surface area contributed by atoms with E-state index in [2.05, 4.69) is 5.10 Å². The Bertz CT molecular complexity index is 459. The molecule has 0 bridgehead atoms. The van der Waals surface area contributed by atoms with Gasteiger partial charge in [-0.2, -0.15) is 5.10 Å². The first kappa shape index (κ1) is 10.7. The quantitative estimate of drug-likeness (QED) is 0.857. The Hall–Kier alpha value is -1.81. The highest BCUT2D eigenvalue weighted by atomic mass is 16.5. The summed E-state index contributed by atoms with van der Waals surface area (Å²) >= 11 is 0. The van der Waals surface area contributed by atoms with Gasteiger partial charge in [0.2, 0.25) is 0 Å². The Labute approximate surface area is 94.6 Å². The maximum Gasteiger partial charge on any atom is 0.165 e. The van der Waals surface area contributed by atoms with Crippen molar-refractivity contribution in [1.29, 1.82) is 0 Å². The number of rotatable bonds is 3. The van der Waals surface area contributed by atoms with Crippen LogP contribution in [0.15, 0.2) is 36.7 Å². The zero-order valence-corrected chi connectivity index (χ0v) is 9.42. The van der Waals surface area contributed by atoms with Gasteiger partial charge in [0.15, 0.2) is 5.75 Å². The Morgan fingerprint density at radius 2 is 1.94 bits per heavy atom. The zero-order chi connectivity index (χ0) is 11.5. The molecule has 1 atom stereocenters. The molecule has 16 heavy (non-hydrogen) atoms. The average molecular weight is 217 g/mol. The van der Waals surface area contributed by atoms with Crippen molar-refractivity contribution >= 4 is 0 Å². The van der Waals surface area contributed by atoms with Gasteiger partial charge in [0.25, 0.3) is 0 Å². The van der Waals surface area contributed by atoms with E-state index >= 15 is 0 Å². The van der Waals surface area contributed by atoms with Crippen LogP contribution in [0.1, 0.15) is 18.5 Å². The molecular weight excluding hydrogens is 202 g/mol. The first-order chi connectivity index (χ1) is 7.65. The van der Waals surface area contributed by atoms with Gasteiger partial charge in [0, 0.05) is 13.1 Å². The lowest BCUT2D eigenvalue weighted by molar-refractivity contribution is 0.481. The van der Waals surface area contributed by atoms with Gasteiger partial charge < -0.3 is 10.5 Å². The minimum atomic E-state index is 0.0486. The number of benzene rings is 1. The second kappa shape index (κ2) is 4.37. The number of aromatic nitrogens is 2. The predicted molar refractivity (Wildman–Crippen MR) is 62.3 cm³/mol. The highest BCUT2D eigenvalue weighted by Crippen LogP contribution is 2.22. The topological polar surface area (TPSA) is 53.1 Å². The highest BCUT2D eigenvalue weighted by molar-refractivity contribution is 5.32. The molecule has 84 valence electrons. The van der Waals surface area contributed by atoms with Gasteiger partial charge in [-0.1, -0.05) is 12.1 Å². The number of nitrogens with zero attached hydrogens (tertiary/aromatic N) is 2. The summed E-state index contributed by atoms with van der Waals surface area (Å²) < 4.78 is 7.31. The molecule has 0 fully saturated rings. The molecule has 0 saturated carbocycles. The van der Waals surface area contributed by atoms with Crippen molar-refractivity contribution in [1.82, 2.24) is 9.78 Å². The maximum atomic E-state index is 5.77. The van der Waals surface area contributed by atoms with E-state index in [4.69, 9.17) is 10.5 Å². The fraction of sp³-hybridized carbons (Fsp3) is 0.250. The average Bonchev–Trinajstić information content (AvgIpc) is 2.65. The summed E-state index contributed by atoms with van der Waals surface area (Å²) in [5, 5.41) is 4.03. The molecular formula is C12H15N3O. The zero-order valence-electron chi connectivity index (χ0n) is 9.42. The third kappa shape index (κ3) is 2.41. The minimum Gasteiger partial charge on any atom is -0.454 e. The molecule has 1 heterocycles. The molecule has 2 rings (SSSR count). The number of ether oxygens (including phenoxy) is 1. The van der Waals surface area contributed by atoms with Crippen LogP contribution in [0.2, 0.25) is 0 Å². The summed E-state index contributed by atoms with van der Waals surface area (Å²) in [5.74, 6) is 1.52. The summed E-state index contributed by atoms with van der Waals surface area (Å²) in [6.07, 6.45) is 3.50. The first-order valence-corrected chi connectivity index (χ1v) is 5.17. The van der Waals surface area contributed by atoms with Crippen LogP contribution in [0.3, 0.4) is 0 Å². The van der Waals surface area contributed by atoms with Crippen LogP contribution < -0.4 is 10.5 Å². The van der Waals surface area contributed by atoms with E-state index in [1.807, 2.05) is 44.4 Å². The van der Waals surface area contributed by atoms with Crippen molar-refractivity contribution in [2.24, 2.45) is 12.8 Å². The second-order valence-corrected chi connectivity index (χ2v) is 3.81. The van der Waals surface area contributed by atoms with E-state index in [-0.39, 0.29) is 6.04 Å². The number of aryl methyl sites for hydroxylation is 1. The Balaban J connectivity index is 2.11. The van der Waals surface area contributed by atoms with Gasteiger partial charge >= 0.3 is 0 Å². The van der Waals surface area contributed by atoms with Crippen LogP contribution in [0, 0.1) is 0 Å². The van der Waals surface area contributed by atoms with Gasteiger partial charge in [0.1, 0.15) is 5.75 Å². The summed E-state index contributed by atoms with van der Waals surface area (Å²) in [5.41, 5.74) is 6.86. The van der Waals surface area contributed by atoms with E-state index in [1.165, 1.54) is 0 Å². The molecule has 0 aliphatic heterocycles. The van der Waals surface area contributed by atoms with Crippen molar-refractivity contribution in [2.45, 2.75) is 13.0 Å². The van der Waals surface area contributed by atoms with Crippen LogP contribution in [0.4, 0.5) is 0 Å². The van der Waals surface area contributed by atoms with Crippen molar-refractivity contribution < 1.29 is 4.74 Å². The molecule has 0 radical (unpaired) electrons. The number of hydrogen-bond acceptors (Lipinski definition) is 3. The Kier molecular flexibility index (Phi) is 2.92. The standard InChI is InChI=1S/C12H15N3O/c1-9(13)10-3-5-11(6-4-10)16-12-7-14-15(2)8-12/h3-9H,13H2,1-2H3/t9-/m1/s1. The van der Waals surface area contributed by atoms with Gasteiger partial charge in [-0.3, -0.25) is 4.68 Å². The fourth-order valence-corrected chi connectivity index (χ4v) is 1.43. The number of nitrogens with two attached hydrogens (primary N) is 1. The molecule has 2 N–H and O–H groups in total. The second-order valence-electron chi connectivity index (χ2n) is 3.81. The van der Waals surface area contributed by atoms with E-state index in [1.54, 1.807) is 10.9 Å². The lowest BCUT2D eigenvalue weighted by Crippen LogP contribution is -2.04. The molecule has 2 aromatic rings. The summed E-state index contributed by atoms with van der Waals surface area (Å²) in [4.78, 5) is 0. The molecule has 0 saturated heterocycles. The molecule has 0 aliphatic rings. The fourth-order valence-electron chi connectivity index (χ4n) is 1.43. The van der Waals surface area contributed by atoms with Crippen LogP contribution in [-0.2, 0) is 7.05 Å². The van der Waals surface area contributed by atoms with Crippen molar-refractivity contribution in [3.63, 3.8) is 0 Å². The Morgan fingerprint density at radius 1 is 1.25 bits per heavy atom. The van der Waals surface area contributed by atoms with Crippen LogP contribution in [0.25, 0.3) is 0 Å². The lowest BCUT2D eigenvalue weighted by atomic mass is 10.1. The maximum absolute atomic E-state index is 5.77. The molecule has 4 heteroatoms. The molecule has 0 unspecified atom stereocenters. The highest BCUT2D eigenvalue weighted by Gasteiger charge is 2.01. The van der Waals surface area contributed by atoms with Crippen molar-refractivity contribution in [3.8, 4) is 11.5 Å². The van der Waals surface area contributed by atoms with Gasteiger partial charge in [-0.15, -0.1) is 0 Å². The molecule has 0 aliphatic carbocycles. The van der Waals surface area contributed by atoms with Gasteiger partial charge in [-0.05, 0) is 24.6 Å². The first-order valence-electron chi connectivity index (χ1n) is 5.17. The number of hydrogen-bond donors (Lipinski definition) is 1. The normalized spacial score (nSPS) is 12.4. The largest absolute Gasteiger partial charge is 0.454 e. The van der Waals surface area contributed by atoms with Crippen LogP contribution >= 0.6 is 0 Å². The summed E-state index contributed by atoms with van der Waals surface area (Å²) in [6, 6.07) is 7.80. The minimum absolute atomic E-state index is 0.0486. The molecule has 1 aromatic carbocycles. The van der Waals surface area contributed by atoms with Crippen molar-refractivity contribution in [3.05, 3.63) is 42.2 Å². The van der Waals surface area contributed by atoms with E-state index in [9.17, 15) is 0 Å². The monoisotopic (exact) mass is 217 g/mol. The molecule has 0 amide bonds. The molecule has 4 nitrogen and oxygen atoms in total. The van der Waals surface area contributed by atoms with Crippen molar-refractivity contribution in [2.75, 3.05) is 0 Å². The summed E-state index contributed by atoms with van der Waals surface area (Å²) in [7, 11) is 1.85. The molecule has 0 spiro atoms. The smallest absolute Gasteiger partial charge is 0.165 e. The van der Waals surface area contributed by atoms with E-state index in [0.29, 0.717) is 0 Å². The van der Waals surface area contributed by atoms with Crippen LogP contribution in [-0.4, -0.2) is 9.78 Å². The summed E-state index contributed by atoms with van der Waals surface area (Å²) in [6.45, 7) is 1.96. The SMILES string of the molecule is C[C@@H](N)c1ccc(Oc2cnn(C)c2)cc1. The van der Waals surface area contributed by atoms with E-state index in [0.717, 1.165) is 17.1 Å². The third-order valence-corrected chi connectivity index (χ3v) is 2.32. The van der Waals surface area contributed by atoms with Gasteiger partial charge in [-0.25, -0.2) is 0 Å². The van der Waals surface area contributed by atoms with Gasteiger partial charge in [0.05, 0.1) is 12.4 Å². The third-order valence-electron chi connectivity index (χ3n) is 2.32. The van der Waals surface area contributed by atoms with Crippen LogP contribution in [0.5, 0.6) is 11.5 Å².